The molecule has 0 bridgehead atoms. The van der Waals surface area contributed by atoms with Crippen LogP contribution in [0.5, 0.6) is 0 Å². The highest BCUT2D eigenvalue weighted by molar-refractivity contribution is 5.86. The fraction of sp³-hybridized carbons (Fsp3) is 0.393. The third-order valence-electron chi connectivity index (χ3n) is 6.94. The summed E-state index contributed by atoms with van der Waals surface area (Å²) >= 11 is 0. The Morgan fingerprint density at radius 3 is 2.40 bits per heavy atom. The number of carbonyl (C=O) groups is 3. The second-order valence-electron chi connectivity index (χ2n) is 9.15. The van der Waals surface area contributed by atoms with Crippen molar-refractivity contribution in [2.75, 3.05) is 13.2 Å². The van der Waals surface area contributed by atoms with Crippen molar-refractivity contribution in [2.45, 2.75) is 56.5 Å². The number of ether oxygens (including phenoxy) is 1. The van der Waals surface area contributed by atoms with Crippen LogP contribution in [0.25, 0.3) is 11.1 Å². The van der Waals surface area contributed by atoms with Gasteiger partial charge in [-0.2, -0.15) is 0 Å². The molecule has 7 heteroatoms. The number of carbonyl (C=O) groups excluding carboxylic acids is 2. The monoisotopic (exact) mass is 476 g/mol. The van der Waals surface area contributed by atoms with E-state index in [9.17, 15) is 14.4 Å². The van der Waals surface area contributed by atoms with Crippen LogP contribution < -0.4 is 5.32 Å². The van der Waals surface area contributed by atoms with E-state index in [1.54, 1.807) is 11.0 Å². The highest BCUT2D eigenvalue weighted by atomic mass is 16.5. The van der Waals surface area contributed by atoms with Crippen LogP contribution in [-0.4, -0.2) is 53.2 Å². The number of allylic oxidation sites excluding steroid dienone is 1. The van der Waals surface area contributed by atoms with Gasteiger partial charge in [0.05, 0.1) is 0 Å². The van der Waals surface area contributed by atoms with Crippen LogP contribution in [0, 0.1) is 0 Å². The van der Waals surface area contributed by atoms with Crippen LogP contribution >= 0.6 is 0 Å². The van der Waals surface area contributed by atoms with E-state index in [0.29, 0.717) is 25.8 Å². The molecule has 1 fully saturated rings. The zero-order valence-corrected chi connectivity index (χ0v) is 19.8. The van der Waals surface area contributed by atoms with Gasteiger partial charge in [-0.25, -0.2) is 4.79 Å². The fourth-order valence-corrected chi connectivity index (χ4v) is 5.24. The summed E-state index contributed by atoms with van der Waals surface area (Å²) in [5, 5.41) is 11.8. The minimum absolute atomic E-state index is 0.0194. The number of carboxylic acids is 1. The minimum atomic E-state index is -0.871. The summed E-state index contributed by atoms with van der Waals surface area (Å²) < 4.78 is 5.64. The van der Waals surface area contributed by atoms with Crippen molar-refractivity contribution >= 4 is 18.0 Å². The molecule has 2 aliphatic rings. The Labute approximate surface area is 205 Å². The van der Waals surface area contributed by atoms with Crippen molar-refractivity contribution in [3.63, 3.8) is 0 Å². The second kappa shape index (κ2) is 11.2. The summed E-state index contributed by atoms with van der Waals surface area (Å²) in [6.45, 7) is 4.47. The molecular weight excluding hydrogens is 444 g/mol. The van der Waals surface area contributed by atoms with Gasteiger partial charge in [-0.05, 0) is 54.4 Å². The summed E-state index contributed by atoms with van der Waals surface area (Å²) in [5.74, 6) is -1.12. The summed E-state index contributed by atoms with van der Waals surface area (Å²) in [4.78, 5) is 38.8. The van der Waals surface area contributed by atoms with E-state index < -0.39 is 18.1 Å². The van der Waals surface area contributed by atoms with E-state index in [2.05, 4.69) is 36.2 Å². The number of nitrogens with one attached hydrogen (secondary N) is 1. The van der Waals surface area contributed by atoms with Crippen molar-refractivity contribution in [1.82, 2.24) is 10.2 Å². The summed E-state index contributed by atoms with van der Waals surface area (Å²) in [5.41, 5.74) is 4.55. The maximum atomic E-state index is 13.3. The molecule has 2 amide bonds. The Kier molecular flexibility index (Phi) is 7.85. The molecule has 0 radical (unpaired) electrons. The summed E-state index contributed by atoms with van der Waals surface area (Å²) in [6.07, 6.45) is 4.10. The van der Waals surface area contributed by atoms with Gasteiger partial charge < -0.3 is 20.1 Å². The Balaban J connectivity index is 1.41. The average molecular weight is 477 g/mol. The molecule has 2 atom stereocenters. The zero-order valence-electron chi connectivity index (χ0n) is 19.8. The summed E-state index contributed by atoms with van der Waals surface area (Å²) in [7, 11) is 0. The van der Waals surface area contributed by atoms with Gasteiger partial charge in [-0.3, -0.25) is 9.59 Å². The number of likely N-dealkylation sites (tertiary alicyclic amines) is 1. The molecule has 0 spiro atoms. The van der Waals surface area contributed by atoms with Gasteiger partial charge in [0.15, 0.2) is 0 Å². The van der Waals surface area contributed by atoms with Crippen molar-refractivity contribution in [1.29, 1.82) is 0 Å². The number of hydrogen-bond acceptors (Lipinski definition) is 4. The lowest BCUT2D eigenvalue weighted by atomic mass is 9.98. The van der Waals surface area contributed by atoms with Crippen LogP contribution in [0.3, 0.4) is 0 Å². The number of fused-ring (bicyclic) bond motifs is 3. The topological polar surface area (TPSA) is 95.9 Å². The Morgan fingerprint density at radius 1 is 1.11 bits per heavy atom. The Morgan fingerprint density at radius 2 is 1.77 bits per heavy atom. The molecule has 1 aliphatic carbocycles. The first-order valence-corrected chi connectivity index (χ1v) is 12.2. The van der Waals surface area contributed by atoms with E-state index in [0.717, 1.165) is 35.1 Å². The van der Waals surface area contributed by atoms with Crippen LogP contribution in [0.4, 0.5) is 4.79 Å². The van der Waals surface area contributed by atoms with Gasteiger partial charge in [0, 0.05) is 24.9 Å². The smallest absolute Gasteiger partial charge is 0.407 e. The average Bonchev–Trinajstić information content (AvgIpc) is 3.46. The fourth-order valence-electron chi connectivity index (χ4n) is 5.24. The van der Waals surface area contributed by atoms with Crippen molar-refractivity contribution < 1.29 is 24.2 Å². The van der Waals surface area contributed by atoms with Crippen molar-refractivity contribution in [3.05, 3.63) is 72.3 Å². The van der Waals surface area contributed by atoms with Gasteiger partial charge in [0.25, 0.3) is 0 Å². The largest absolute Gasteiger partial charge is 0.481 e. The first-order chi connectivity index (χ1) is 17.0. The molecule has 1 heterocycles. The molecule has 2 N–H and O–H groups in total. The Hall–Kier alpha value is -3.61. The normalized spacial score (nSPS) is 17.4. The van der Waals surface area contributed by atoms with Gasteiger partial charge in [0.1, 0.15) is 12.6 Å². The van der Waals surface area contributed by atoms with Crippen LogP contribution in [0.2, 0.25) is 0 Å². The number of alkyl carbamates (subject to hydrolysis) is 1. The number of benzene rings is 2. The maximum Gasteiger partial charge on any atom is 0.407 e. The van der Waals surface area contributed by atoms with Crippen LogP contribution in [0.1, 0.15) is 55.6 Å². The van der Waals surface area contributed by atoms with E-state index in [4.69, 9.17) is 9.84 Å². The van der Waals surface area contributed by atoms with Gasteiger partial charge in [-0.15, -0.1) is 6.58 Å². The van der Waals surface area contributed by atoms with Crippen LogP contribution in [-0.2, 0) is 14.3 Å². The summed E-state index contributed by atoms with van der Waals surface area (Å²) in [6, 6.07) is 15.4. The molecule has 0 saturated carbocycles. The molecule has 2 aromatic carbocycles. The molecule has 7 nitrogen and oxygen atoms in total. The number of amides is 2. The third-order valence-corrected chi connectivity index (χ3v) is 6.94. The predicted molar refractivity (Wildman–Crippen MR) is 133 cm³/mol. The van der Waals surface area contributed by atoms with Crippen molar-refractivity contribution in [2.24, 2.45) is 0 Å². The second-order valence-corrected chi connectivity index (χ2v) is 9.15. The van der Waals surface area contributed by atoms with E-state index >= 15 is 0 Å². The lowest BCUT2D eigenvalue weighted by Crippen LogP contribution is -2.50. The molecule has 184 valence electrons. The number of aliphatic carboxylic acids is 1. The predicted octanol–water partition coefficient (Wildman–Crippen LogP) is 4.72. The van der Waals surface area contributed by atoms with E-state index in [1.165, 1.54) is 0 Å². The quantitative estimate of drug-likeness (QED) is 0.484. The number of hydrogen-bond donors (Lipinski definition) is 2. The molecule has 2 aromatic rings. The molecule has 0 aromatic heterocycles. The number of nitrogens with zero attached hydrogens (tertiary/aromatic N) is 1. The van der Waals surface area contributed by atoms with Crippen LogP contribution in [0.15, 0.2) is 61.2 Å². The lowest BCUT2D eigenvalue weighted by Gasteiger charge is -2.29. The molecular formula is C28H32N2O5. The molecule has 4 rings (SSSR count). The number of carboxylic acid groups (broad SMARTS) is 1. The maximum absolute atomic E-state index is 13.3. The Bertz CT molecular complexity index is 1050. The highest BCUT2D eigenvalue weighted by Crippen LogP contribution is 2.44. The van der Waals surface area contributed by atoms with E-state index in [1.807, 2.05) is 24.3 Å². The molecule has 1 saturated heterocycles. The van der Waals surface area contributed by atoms with Gasteiger partial charge in [-0.1, -0.05) is 54.6 Å². The molecule has 35 heavy (non-hydrogen) atoms. The first kappa shape index (κ1) is 24.5. The first-order valence-electron chi connectivity index (χ1n) is 12.2. The zero-order chi connectivity index (χ0) is 24.8. The van der Waals surface area contributed by atoms with E-state index in [-0.39, 0.29) is 30.9 Å². The highest BCUT2D eigenvalue weighted by Gasteiger charge is 2.34. The standard InChI is InChI=1S/C28H32N2O5/c1-2-3-14-25(27(33)30-17-8-9-19(30)15-16-26(31)32)29-28(34)35-18-24-22-12-6-4-10-20(22)21-11-5-7-13-23(21)24/h2,4-7,10-13,19,24-25H,1,3,8-9,14-18H2,(H,29,34)(H,31,32). The third kappa shape index (κ3) is 5.56. The minimum Gasteiger partial charge on any atom is -0.481 e. The van der Waals surface area contributed by atoms with Gasteiger partial charge in [0.2, 0.25) is 5.91 Å². The molecule has 1 aliphatic heterocycles. The molecule has 2 unspecified atom stereocenters. The number of rotatable bonds is 10. The lowest BCUT2D eigenvalue weighted by molar-refractivity contribution is -0.139. The SMILES string of the molecule is C=CCCC(NC(=O)OCC1c2ccccc2-c2ccccc21)C(=O)N1CCCC1CCC(=O)O. The van der Waals surface area contributed by atoms with Crippen molar-refractivity contribution in [3.8, 4) is 11.1 Å². The van der Waals surface area contributed by atoms with Gasteiger partial charge >= 0.3 is 12.1 Å².